The molecule has 20 heavy (non-hydrogen) atoms. The average molecular weight is 287 g/mol. The lowest BCUT2D eigenvalue weighted by Crippen LogP contribution is -2.24. The Morgan fingerprint density at radius 1 is 1.30 bits per heavy atom. The van der Waals surface area contributed by atoms with Crippen LogP contribution >= 0.6 is 11.8 Å². The largest absolute Gasteiger partial charge is 0.350 e. The first-order valence-corrected chi connectivity index (χ1v) is 7.79. The number of aryl methyl sites for hydroxylation is 2. The molecule has 1 aromatic carbocycles. The number of rotatable bonds is 5. The number of benzene rings is 1. The number of H-pyrrole nitrogens is 1. The van der Waals surface area contributed by atoms with E-state index in [0.717, 1.165) is 5.69 Å². The summed E-state index contributed by atoms with van der Waals surface area (Å²) in [6, 6.07) is 8.41. The molecule has 3 rings (SSSR count). The van der Waals surface area contributed by atoms with Crippen LogP contribution in [0.5, 0.6) is 0 Å². The highest BCUT2D eigenvalue weighted by atomic mass is 32.2. The molecule has 0 spiro atoms. The summed E-state index contributed by atoms with van der Waals surface area (Å²) in [4.78, 5) is 13.0. The maximum atomic E-state index is 11.8. The van der Waals surface area contributed by atoms with E-state index in [1.165, 1.54) is 35.3 Å². The molecule has 1 amide bonds. The molecular weight excluding hydrogens is 270 g/mol. The molecule has 1 aliphatic rings. The van der Waals surface area contributed by atoms with Crippen molar-refractivity contribution in [1.82, 2.24) is 15.5 Å². The van der Waals surface area contributed by atoms with E-state index in [4.69, 9.17) is 0 Å². The lowest BCUT2D eigenvalue weighted by molar-refractivity contribution is -0.118. The van der Waals surface area contributed by atoms with Gasteiger partial charge in [-0.15, -0.1) is 11.8 Å². The van der Waals surface area contributed by atoms with E-state index < -0.39 is 0 Å². The van der Waals surface area contributed by atoms with E-state index in [2.05, 4.69) is 33.7 Å². The third kappa shape index (κ3) is 3.22. The van der Waals surface area contributed by atoms with Crippen molar-refractivity contribution in [3.05, 3.63) is 47.3 Å². The molecule has 0 saturated heterocycles. The molecule has 104 valence electrons. The number of carbonyl (C=O) groups is 1. The van der Waals surface area contributed by atoms with Crippen LogP contribution in [0, 0.1) is 0 Å². The van der Waals surface area contributed by atoms with Crippen LogP contribution in [0.15, 0.2) is 35.4 Å². The van der Waals surface area contributed by atoms with Gasteiger partial charge in [0.15, 0.2) is 0 Å². The van der Waals surface area contributed by atoms with E-state index in [1.54, 1.807) is 18.0 Å². The third-order valence-corrected chi connectivity index (χ3v) is 4.47. The highest BCUT2D eigenvalue weighted by Crippen LogP contribution is 2.27. The molecule has 0 fully saturated rings. The minimum Gasteiger partial charge on any atom is -0.350 e. The van der Waals surface area contributed by atoms with Gasteiger partial charge in [0.1, 0.15) is 0 Å². The standard InChI is InChI=1S/C15H17N3OS/c19-15(16-9-13-6-7-17-18-13)10-20-14-5-4-11-2-1-3-12(11)8-14/h4-8H,1-3,9-10H2,(H,16,19)(H,17,18). The van der Waals surface area contributed by atoms with Gasteiger partial charge in [-0.3, -0.25) is 9.89 Å². The van der Waals surface area contributed by atoms with Crippen molar-refractivity contribution in [2.45, 2.75) is 30.7 Å². The van der Waals surface area contributed by atoms with Gasteiger partial charge in [0, 0.05) is 11.1 Å². The molecule has 0 atom stereocenters. The van der Waals surface area contributed by atoms with Crippen LogP contribution in [0.2, 0.25) is 0 Å². The Bertz CT molecular complexity index is 595. The summed E-state index contributed by atoms with van der Waals surface area (Å²) >= 11 is 1.59. The Labute approximate surface area is 122 Å². The van der Waals surface area contributed by atoms with Crippen molar-refractivity contribution < 1.29 is 4.79 Å². The van der Waals surface area contributed by atoms with Gasteiger partial charge in [0.2, 0.25) is 5.91 Å². The number of nitrogens with one attached hydrogen (secondary N) is 2. The minimum atomic E-state index is 0.0464. The summed E-state index contributed by atoms with van der Waals surface area (Å²) in [5.74, 6) is 0.498. The Balaban J connectivity index is 1.48. The highest BCUT2D eigenvalue weighted by molar-refractivity contribution is 8.00. The van der Waals surface area contributed by atoms with Crippen LogP contribution in [0.3, 0.4) is 0 Å². The smallest absolute Gasteiger partial charge is 0.230 e. The molecule has 1 heterocycles. The van der Waals surface area contributed by atoms with Gasteiger partial charge in [0.05, 0.1) is 18.0 Å². The molecular formula is C15H17N3OS. The summed E-state index contributed by atoms with van der Waals surface area (Å²) in [7, 11) is 0. The molecule has 2 N–H and O–H groups in total. The van der Waals surface area contributed by atoms with E-state index in [9.17, 15) is 4.79 Å². The van der Waals surface area contributed by atoms with Gasteiger partial charge in [-0.1, -0.05) is 6.07 Å². The van der Waals surface area contributed by atoms with Gasteiger partial charge in [-0.25, -0.2) is 0 Å². The third-order valence-electron chi connectivity index (χ3n) is 3.47. The van der Waals surface area contributed by atoms with Crippen molar-refractivity contribution in [2.75, 3.05) is 5.75 Å². The first-order chi connectivity index (χ1) is 9.81. The molecule has 0 saturated carbocycles. The van der Waals surface area contributed by atoms with Crippen LogP contribution in [0.1, 0.15) is 23.2 Å². The zero-order valence-electron chi connectivity index (χ0n) is 11.2. The number of aromatic nitrogens is 2. The van der Waals surface area contributed by atoms with Gasteiger partial charge >= 0.3 is 0 Å². The van der Waals surface area contributed by atoms with Gasteiger partial charge in [0.25, 0.3) is 0 Å². The first kappa shape index (κ1) is 13.2. The van der Waals surface area contributed by atoms with E-state index >= 15 is 0 Å². The Morgan fingerprint density at radius 3 is 3.05 bits per heavy atom. The number of aromatic amines is 1. The lowest BCUT2D eigenvalue weighted by Gasteiger charge is -2.06. The quantitative estimate of drug-likeness (QED) is 0.830. The fraction of sp³-hybridized carbons (Fsp3) is 0.333. The van der Waals surface area contributed by atoms with Crippen LogP contribution in [-0.4, -0.2) is 21.9 Å². The van der Waals surface area contributed by atoms with Crippen LogP contribution in [0.4, 0.5) is 0 Å². The van der Waals surface area contributed by atoms with Crippen molar-refractivity contribution in [3.8, 4) is 0 Å². The SMILES string of the molecule is O=C(CSc1ccc2c(c1)CCC2)NCc1ccn[nH]1. The second kappa shape index (κ2) is 6.13. The molecule has 2 aromatic rings. The maximum absolute atomic E-state index is 11.8. The second-order valence-corrected chi connectivity index (χ2v) is 5.98. The summed E-state index contributed by atoms with van der Waals surface area (Å²) in [5.41, 5.74) is 3.84. The Hall–Kier alpha value is -1.75. The number of fused-ring (bicyclic) bond motifs is 1. The topological polar surface area (TPSA) is 57.8 Å². The molecule has 4 nitrogen and oxygen atoms in total. The Kier molecular flexibility index (Phi) is 4.06. The molecule has 0 unspecified atom stereocenters. The zero-order chi connectivity index (χ0) is 13.8. The minimum absolute atomic E-state index is 0.0464. The fourth-order valence-corrected chi connectivity index (χ4v) is 3.20. The van der Waals surface area contributed by atoms with E-state index in [1.807, 2.05) is 6.07 Å². The van der Waals surface area contributed by atoms with E-state index in [0.29, 0.717) is 12.3 Å². The molecule has 1 aliphatic carbocycles. The predicted octanol–water partition coefficient (Wildman–Crippen LogP) is 2.31. The summed E-state index contributed by atoms with van der Waals surface area (Å²) in [5, 5.41) is 9.55. The number of amides is 1. The predicted molar refractivity (Wildman–Crippen MR) is 79.6 cm³/mol. The first-order valence-electron chi connectivity index (χ1n) is 6.81. The van der Waals surface area contributed by atoms with Crippen LogP contribution in [-0.2, 0) is 24.2 Å². The molecule has 0 bridgehead atoms. The van der Waals surface area contributed by atoms with Gasteiger partial charge in [-0.05, 0) is 48.6 Å². The summed E-state index contributed by atoms with van der Waals surface area (Å²) in [6.07, 6.45) is 5.32. The zero-order valence-corrected chi connectivity index (χ0v) is 12.0. The van der Waals surface area contributed by atoms with Crippen molar-refractivity contribution in [3.63, 3.8) is 0 Å². The number of hydrogen-bond donors (Lipinski definition) is 2. The van der Waals surface area contributed by atoms with Crippen LogP contribution in [0.25, 0.3) is 0 Å². The molecule has 1 aromatic heterocycles. The monoisotopic (exact) mass is 287 g/mol. The van der Waals surface area contributed by atoms with Crippen molar-refractivity contribution in [2.24, 2.45) is 0 Å². The van der Waals surface area contributed by atoms with Crippen LogP contribution < -0.4 is 5.32 Å². The van der Waals surface area contributed by atoms with E-state index in [-0.39, 0.29) is 5.91 Å². The Morgan fingerprint density at radius 2 is 2.20 bits per heavy atom. The normalized spacial score (nSPS) is 13.2. The second-order valence-electron chi connectivity index (χ2n) is 4.93. The number of carbonyl (C=O) groups excluding carboxylic acids is 1. The molecule has 0 aliphatic heterocycles. The summed E-state index contributed by atoms with van der Waals surface area (Å²) in [6.45, 7) is 0.504. The molecule has 5 heteroatoms. The fourth-order valence-electron chi connectivity index (χ4n) is 2.41. The molecule has 0 radical (unpaired) electrons. The maximum Gasteiger partial charge on any atom is 0.230 e. The number of hydrogen-bond acceptors (Lipinski definition) is 3. The van der Waals surface area contributed by atoms with Gasteiger partial charge in [-0.2, -0.15) is 5.10 Å². The van der Waals surface area contributed by atoms with Crippen molar-refractivity contribution in [1.29, 1.82) is 0 Å². The average Bonchev–Trinajstić information content (AvgIpc) is 3.13. The van der Waals surface area contributed by atoms with Crippen molar-refractivity contribution >= 4 is 17.7 Å². The summed E-state index contributed by atoms with van der Waals surface area (Å²) < 4.78 is 0. The number of nitrogens with zero attached hydrogens (tertiary/aromatic N) is 1. The number of thioether (sulfide) groups is 1. The highest BCUT2D eigenvalue weighted by Gasteiger charge is 2.11. The lowest BCUT2D eigenvalue weighted by atomic mass is 10.1. The van der Waals surface area contributed by atoms with Gasteiger partial charge < -0.3 is 5.32 Å².